The van der Waals surface area contributed by atoms with Crippen molar-refractivity contribution < 1.29 is 13.6 Å². The zero-order chi connectivity index (χ0) is 15.6. The molecule has 0 amide bonds. The van der Waals surface area contributed by atoms with Gasteiger partial charge in [-0.25, -0.2) is 0 Å². The molecule has 7 nitrogen and oxygen atoms in total. The van der Waals surface area contributed by atoms with E-state index in [1.807, 2.05) is 24.3 Å². The third-order valence-electron chi connectivity index (χ3n) is 3.12. The molecular weight excluding hydrogens is 364 g/mol. The molecule has 0 N–H and O–H groups in total. The van der Waals surface area contributed by atoms with E-state index in [4.69, 9.17) is 13.6 Å². The maximum absolute atomic E-state index is 5.65. The van der Waals surface area contributed by atoms with Gasteiger partial charge in [-0.05, 0) is 34.1 Å². The monoisotopic (exact) mass is 372 g/mol. The predicted octanol–water partition coefficient (Wildman–Crippen LogP) is 3.61. The van der Waals surface area contributed by atoms with Gasteiger partial charge in [0.15, 0.2) is 17.0 Å². The minimum absolute atomic E-state index is 0.0948. The van der Waals surface area contributed by atoms with Gasteiger partial charge >= 0.3 is 0 Å². The Labute approximate surface area is 138 Å². The van der Waals surface area contributed by atoms with Crippen LogP contribution in [0.2, 0.25) is 0 Å². The van der Waals surface area contributed by atoms with E-state index in [2.05, 4.69) is 36.3 Å². The lowest BCUT2D eigenvalue weighted by atomic mass is 10.2. The largest absolute Gasteiger partial charge is 0.466 e. The van der Waals surface area contributed by atoms with Gasteiger partial charge in [0.2, 0.25) is 5.88 Å². The number of aromatic nitrogens is 4. The zero-order valence-corrected chi connectivity index (χ0v) is 13.2. The van der Waals surface area contributed by atoms with Crippen molar-refractivity contribution in [2.75, 3.05) is 0 Å². The molecule has 0 fully saturated rings. The van der Waals surface area contributed by atoms with Gasteiger partial charge in [0.05, 0.1) is 6.20 Å². The lowest BCUT2D eigenvalue weighted by Crippen LogP contribution is -1.99. The van der Waals surface area contributed by atoms with Gasteiger partial charge < -0.3 is 13.6 Å². The molecule has 1 aromatic carbocycles. The second-order valence-corrected chi connectivity index (χ2v) is 5.41. The predicted molar refractivity (Wildman–Crippen MR) is 83.6 cm³/mol. The van der Waals surface area contributed by atoms with Gasteiger partial charge in [-0.15, -0.1) is 15.3 Å². The van der Waals surface area contributed by atoms with Crippen molar-refractivity contribution in [2.24, 2.45) is 0 Å². The Bertz CT molecular complexity index is 961. The number of fused-ring (bicyclic) bond motifs is 1. The van der Waals surface area contributed by atoms with E-state index in [-0.39, 0.29) is 6.61 Å². The van der Waals surface area contributed by atoms with E-state index >= 15 is 0 Å². The summed E-state index contributed by atoms with van der Waals surface area (Å²) < 4.78 is 17.1. The molecular formula is C15H9BrN4O3. The molecule has 0 bridgehead atoms. The molecule has 3 aromatic heterocycles. The lowest BCUT2D eigenvalue weighted by molar-refractivity contribution is 0.255. The molecule has 0 spiro atoms. The van der Waals surface area contributed by atoms with E-state index in [1.54, 1.807) is 18.3 Å². The number of rotatable bonds is 4. The van der Waals surface area contributed by atoms with Crippen LogP contribution < -0.4 is 4.74 Å². The number of hydrogen-bond donors (Lipinski definition) is 0. The fourth-order valence-corrected chi connectivity index (χ4v) is 2.39. The molecule has 0 unspecified atom stereocenters. The van der Waals surface area contributed by atoms with Crippen molar-refractivity contribution in [3.05, 3.63) is 53.2 Å². The molecule has 8 heteroatoms. The first kappa shape index (κ1) is 13.9. The Morgan fingerprint density at radius 2 is 1.91 bits per heavy atom. The molecule has 0 saturated heterocycles. The normalized spacial score (nSPS) is 11.0. The molecule has 0 aliphatic carbocycles. The van der Waals surface area contributed by atoms with Crippen molar-refractivity contribution in [3.8, 4) is 17.5 Å². The van der Waals surface area contributed by atoms with Crippen LogP contribution in [0.25, 0.3) is 22.4 Å². The fourth-order valence-electron chi connectivity index (χ4n) is 2.08. The second kappa shape index (κ2) is 5.81. The van der Waals surface area contributed by atoms with Crippen molar-refractivity contribution in [3.63, 3.8) is 0 Å². The molecule has 114 valence electrons. The van der Waals surface area contributed by atoms with Gasteiger partial charge in [0, 0.05) is 10.8 Å². The summed E-state index contributed by atoms with van der Waals surface area (Å²) in [6.45, 7) is 0.0948. The smallest absolute Gasteiger partial charge is 0.283 e. The summed E-state index contributed by atoms with van der Waals surface area (Å²) >= 11 is 3.22. The van der Waals surface area contributed by atoms with Gasteiger partial charge in [-0.1, -0.05) is 18.2 Å². The minimum atomic E-state index is 0.0948. The zero-order valence-electron chi connectivity index (χ0n) is 11.6. The van der Waals surface area contributed by atoms with Crippen LogP contribution in [0, 0.1) is 0 Å². The number of halogens is 1. The molecule has 4 aromatic rings. The SMILES string of the molecule is Brc1ccc(-c2nnc(COc3nncc4ccccc34)o2)o1. The molecule has 0 radical (unpaired) electrons. The van der Waals surface area contributed by atoms with E-state index in [0.29, 0.717) is 28.1 Å². The van der Waals surface area contributed by atoms with Crippen LogP contribution in [0.4, 0.5) is 0 Å². The van der Waals surface area contributed by atoms with E-state index in [9.17, 15) is 0 Å². The van der Waals surface area contributed by atoms with Crippen LogP contribution in [0.5, 0.6) is 5.88 Å². The minimum Gasteiger partial charge on any atom is -0.466 e. The van der Waals surface area contributed by atoms with Crippen LogP contribution in [-0.2, 0) is 6.61 Å². The lowest BCUT2D eigenvalue weighted by Gasteiger charge is -2.04. The first-order chi connectivity index (χ1) is 11.3. The first-order valence-corrected chi connectivity index (χ1v) is 7.50. The Balaban J connectivity index is 1.54. The fraction of sp³-hybridized carbons (Fsp3) is 0.0667. The molecule has 23 heavy (non-hydrogen) atoms. The summed E-state index contributed by atoms with van der Waals surface area (Å²) in [5, 5.41) is 17.6. The standard InChI is InChI=1S/C15H9BrN4O3/c16-12-6-5-11(22-12)15-20-18-13(23-15)8-21-14-10-4-2-1-3-9(10)7-17-19-14/h1-7H,8H2. The summed E-state index contributed by atoms with van der Waals surface area (Å²) in [5.41, 5.74) is 0. The van der Waals surface area contributed by atoms with Crippen LogP contribution >= 0.6 is 15.9 Å². The number of benzene rings is 1. The Kier molecular flexibility index (Phi) is 3.51. The number of furan rings is 1. The number of ether oxygens (including phenoxy) is 1. The van der Waals surface area contributed by atoms with Gasteiger partial charge in [-0.3, -0.25) is 0 Å². The van der Waals surface area contributed by atoms with E-state index in [1.165, 1.54) is 0 Å². The third kappa shape index (κ3) is 2.80. The average Bonchev–Trinajstić information content (AvgIpc) is 3.21. The summed E-state index contributed by atoms with van der Waals surface area (Å²) in [7, 11) is 0. The maximum Gasteiger partial charge on any atom is 0.283 e. The topological polar surface area (TPSA) is 87.1 Å². The summed E-state index contributed by atoms with van der Waals surface area (Å²) in [4.78, 5) is 0. The van der Waals surface area contributed by atoms with Crippen molar-refractivity contribution in [2.45, 2.75) is 6.61 Å². The third-order valence-corrected chi connectivity index (χ3v) is 3.55. The Morgan fingerprint density at radius 1 is 1.00 bits per heavy atom. The van der Waals surface area contributed by atoms with Crippen molar-refractivity contribution >= 4 is 26.7 Å². The van der Waals surface area contributed by atoms with Crippen LogP contribution in [0.1, 0.15) is 5.89 Å². The molecule has 0 atom stereocenters. The molecule has 3 heterocycles. The van der Waals surface area contributed by atoms with E-state index < -0.39 is 0 Å². The first-order valence-electron chi connectivity index (χ1n) is 6.71. The summed E-state index contributed by atoms with van der Waals surface area (Å²) in [5.74, 6) is 1.52. The quantitative estimate of drug-likeness (QED) is 0.540. The number of hydrogen-bond acceptors (Lipinski definition) is 7. The number of nitrogens with zero attached hydrogens (tertiary/aromatic N) is 4. The summed E-state index contributed by atoms with van der Waals surface area (Å²) in [6, 6.07) is 11.2. The van der Waals surface area contributed by atoms with Crippen LogP contribution in [0.15, 0.2) is 56.1 Å². The highest BCUT2D eigenvalue weighted by molar-refractivity contribution is 9.10. The Hall–Kier alpha value is -2.74. The average molecular weight is 373 g/mol. The van der Waals surface area contributed by atoms with Crippen molar-refractivity contribution in [1.82, 2.24) is 20.4 Å². The highest BCUT2D eigenvalue weighted by Gasteiger charge is 2.13. The van der Waals surface area contributed by atoms with Gasteiger partial charge in [0.25, 0.3) is 11.8 Å². The van der Waals surface area contributed by atoms with Crippen molar-refractivity contribution in [1.29, 1.82) is 0 Å². The molecule has 0 aliphatic rings. The maximum atomic E-state index is 5.65. The molecule has 0 aliphatic heterocycles. The molecule has 0 saturated carbocycles. The van der Waals surface area contributed by atoms with Crippen LogP contribution in [0.3, 0.4) is 0 Å². The second-order valence-electron chi connectivity index (χ2n) is 4.63. The highest BCUT2D eigenvalue weighted by atomic mass is 79.9. The van der Waals surface area contributed by atoms with Gasteiger partial charge in [-0.2, -0.15) is 5.10 Å². The Morgan fingerprint density at radius 3 is 2.78 bits per heavy atom. The van der Waals surface area contributed by atoms with Crippen LogP contribution in [-0.4, -0.2) is 20.4 Å². The van der Waals surface area contributed by atoms with Gasteiger partial charge in [0.1, 0.15) is 0 Å². The highest BCUT2D eigenvalue weighted by Crippen LogP contribution is 2.25. The van der Waals surface area contributed by atoms with E-state index in [0.717, 1.165) is 10.8 Å². The summed E-state index contributed by atoms with van der Waals surface area (Å²) in [6.07, 6.45) is 1.68. The molecule has 4 rings (SSSR count).